The third-order valence-corrected chi connectivity index (χ3v) is 3.00. The van der Waals surface area contributed by atoms with Crippen molar-refractivity contribution in [3.8, 4) is 0 Å². The largest absolute Gasteiger partial charge is 0.408 e. The summed E-state index contributed by atoms with van der Waals surface area (Å²) in [7, 11) is 0. The van der Waals surface area contributed by atoms with Gasteiger partial charge in [-0.05, 0) is 17.7 Å². The van der Waals surface area contributed by atoms with Crippen molar-refractivity contribution >= 4 is 28.9 Å². The highest BCUT2D eigenvalue weighted by atomic mass is 16.5. The second-order valence-electron chi connectivity index (χ2n) is 4.61. The summed E-state index contributed by atoms with van der Waals surface area (Å²) in [4.78, 5) is 15.6. The SMILES string of the molecule is CC(=O)OC1=Nc2ccccc2NC(c2ccccc2)=C1. The van der Waals surface area contributed by atoms with Crippen molar-refractivity contribution in [2.24, 2.45) is 4.99 Å². The van der Waals surface area contributed by atoms with Gasteiger partial charge in [-0.2, -0.15) is 0 Å². The molecule has 0 amide bonds. The maximum atomic E-state index is 11.2. The van der Waals surface area contributed by atoms with Gasteiger partial charge in [0.25, 0.3) is 0 Å². The van der Waals surface area contributed by atoms with E-state index in [0.717, 1.165) is 22.6 Å². The van der Waals surface area contributed by atoms with Crippen molar-refractivity contribution in [1.29, 1.82) is 0 Å². The molecule has 0 spiro atoms. The summed E-state index contributed by atoms with van der Waals surface area (Å²) < 4.78 is 5.17. The molecular formula is C17H14N2O2. The molecule has 4 heteroatoms. The van der Waals surface area contributed by atoms with Gasteiger partial charge in [-0.3, -0.25) is 4.79 Å². The Morgan fingerprint density at radius 1 is 1.05 bits per heavy atom. The summed E-state index contributed by atoms with van der Waals surface area (Å²) in [5, 5.41) is 3.33. The third kappa shape index (κ3) is 3.00. The van der Waals surface area contributed by atoms with E-state index < -0.39 is 5.97 Å². The molecule has 0 aromatic heterocycles. The quantitative estimate of drug-likeness (QED) is 0.808. The van der Waals surface area contributed by atoms with Crippen LogP contribution in [0.1, 0.15) is 12.5 Å². The fraction of sp³-hybridized carbons (Fsp3) is 0.0588. The van der Waals surface area contributed by atoms with Gasteiger partial charge < -0.3 is 10.1 Å². The number of carbonyl (C=O) groups is 1. The van der Waals surface area contributed by atoms with Crippen molar-refractivity contribution < 1.29 is 9.53 Å². The fourth-order valence-corrected chi connectivity index (χ4v) is 2.11. The molecular weight excluding hydrogens is 264 g/mol. The number of nitrogens with zero attached hydrogens (tertiary/aromatic N) is 1. The van der Waals surface area contributed by atoms with Gasteiger partial charge in [0.1, 0.15) is 0 Å². The molecule has 0 bridgehead atoms. The molecule has 0 aliphatic carbocycles. The lowest BCUT2D eigenvalue weighted by Crippen LogP contribution is -2.07. The number of nitrogens with one attached hydrogen (secondary N) is 1. The van der Waals surface area contributed by atoms with E-state index in [-0.39, 0.29) is 5.90 Å². The molecule has 3 rings (SSSR count). The van der Waals surface area contributed by atoms with Gasteiger partial charge in [0.15, 0.2) is 0 Å². The van der Waals surface area contributed by atoms with Gasteiger partial charge in [0.05, 0.1) is 17.1 Å². The number of aliphatic imine (C=N–C) groups is 1. The minimum atomic E-state index is -0.392. The van der Waals surface area contributed by atoms with E-state index in [4.69, 9.17) is 4.74 Å². The topological polar surface area (TPSA) is 50.7 Å². The molecule has 0 unspecified atom stereocenters. The molecule has 0 atom stereocenters. The number of para-hydroxylation sites is 2. The Bertz CT molecular complexity index is 733. The van der Waals surface area contributed by atoms with Gasteiger partial charge in [0, 0.05) is 13.0 Å². The molecule has 0 fully saturated rings. The van der Waals surface area contributed by atoms with E-state index >= 15 is 0 Å². The van der Waals surface area contributed by atoms with Crippen LogP contribution in [0.3, 0.4) is 0 Å². The highest BCUT2D eigenvalue weighted by molar-refractivity contribution is 6.05. The molecule has 0 saturated carbocycles. The van der Waals surface area contributed by atoms with Crippen molar-refractivity contribution in [1.82, 2.24) is 0 Å². The number of anilines is 1. The van der Waals surface area contributed by atoms with Crippen LogP contribution in [0.15, 0.2) is 65.7 Å². The summed E-state index contributed by atoms with van der Waals surface area (Å²) in [5.41, 5.74) is 3.43. The number of rotatable bonds is 1. The van der Waals surface area contributed by atoms with E-state index in [1.54, 1.807) is 6.08 Å². The van der Waals surface area contributed by atoms with Crippen LogP contribution in [0, 0.1) is 0 Å². The number of carbonyl (C=O) groups excluding carboxylic acids is 1. The molecule has 1 aliphatic heterocycles. The van der Waals surface area contributed by atoms with Crippen LogP contribution in [0.25, 0.3) is 5.70 Å². The smallest absolute Gasteiger partial charge is 0.309 e. The van der Waals surface area contributed by atoms with Crippen molar-refractivity contribution in [3.05, 3.63) is 66.2 Å². The molecule has 0 radical (unpaired) electrons. The van der Waals surface area contributed by atoms with E-state index in [2.05, 4.69) is 10.3 Å². The average Bonchev–Trinajstić information content (AvgIpc) is 2.66. The van der Waals surface area contributed by atoms with Gasteiger partial charge in [-0.1, -0.05) is 42.5 Å². The summed E-state index contributed by atoms with van der Waals surface area (Å²) >= 11 is 0. The Morgan fingerprint density at radius 2 is 1.76 bits per heavy atom. The van der Waals surface area contributed by atoms with Crippen LogP contribution < -0.4 is 5.32 Å². The predicted molar refractivity (Wildman–Crippen MR) is 83.3 cm³/mol. The van der Waals surface area contributed by atoms with Crippen LogP contribution in [0.5, 0.6) is 0 Å². The first-order chi connectivity index (χ1) is 10.2. The monoisotopic (exact) mass is 278 g/mol. The number of ether oxygens (including phenoxy) is 1. The van der Waals surface area contributed by atoms with E-state index in [9.17, 15) is 4.79 Å². The van der Waals surface area contributed by atoms with E-state index in [1.165, 1.54) is 6.92 Å². The fourth-order valence-electron chi connectivity index (χ4n) is 2.11. The number of hydrogen-bond acceptors (Lipinski definition) is 4. The summed E-state index contributed by atoms with van der Waals surface area (Å²) in [5.74, 6) is -0.115. The van der Waals surface area contributed by atoms with Gasteiger partial charge in [0.2, 0.25) is 5.90 Å². The van der Waals surface area contributed by atoms with Crippen LogP contribution in [-0.4, -0.2) is 11.9 Å². The zero-order chi connectivity index (χ0) is 14.7. The van der Waals surface area contributed by atoms with Crippen molar-refractivity contribution in [3.63, 3.8) is 0 Å². The first-order valence-electron chi connectivity index (χ1n) is 6.62. The predicted octanol–water partition coefficient (Wildman–Crippen LogP) is 3.75. The number of esters is 1. The third-order valence-electron chi connectivity index (χ3n) is 3.00. The lowest BCUT2D eigenvalue weighted by atomic mass is 10.1. The Morgan fingerprint density at radius 3 is 2.52 bits per heavy atom. The average molecular weight is 278 g/mol. The number of fused-ring (bicyclic) bond motifs is 1. The highest BCUT2D eigenvalue weighted by Crippen LogP contribution is 2.31. The van der Waals surface area contributed by atoms with Crippen molar-refractivity contribution in [2.75, 3.05) is 5.32 Å². The zero-order valence-electron chi connectivity index (χ0n) is 11.5. The maximum Gasteiger partial charge on any atom is 0.309 e. The first kappa shape index (κ1) is 13.1. The molecule has 1 heterocycles. The second kappa shape index (κ2) is 5.63. The molecule has 0 saturated heterocycles. The van der Waals surface area contributed by atoms with Crippen LogP contribution in [0.4, 0.5) is 11.4 Å². The standard InChI is InChI=1S/C17H14N2O2/c1-12(20)21-17-11-16(13-7-3-2-4-8-13)18-14-9-5-6-10-15(14)19-17/h2-11,18H,1H3. The van der Waals surface area contributed by atoms with Gasteiger partial charge in [-0.25, -0.2) is 4.99 Å². The molecule has 1 N–H and O–H groups in total. The Labute approximate surface area is 122 Å². The van der Waals surface area contributed by atoms with Gasteiger partial charge >= 0.3 is 5.97 Å². The lowest BCUT2D eigenvalue weighted by Gasteiger charge is -2.10. The first-order valence-corrected chi connectivity index (χ1v) is 6.62. The van der Waals surface area contributed by atoms with Crippen LogP contribution in [-0.2, 0) is 9.53 Å². The molecule has 2 aromatic carbocycles. The highest BCUT2D eigenvalue weighted by Gasteiger charge is 2.13. The molecule has 4 nitrogen and oxygen atoms in total. The Hall–Kier alpha value is -2.88. The maximum absolute atomic E-state index is 11.2. The molecule has 1 aliphatic rings. The van der Waals surface area contributed by atoms with E-state index in [0.29, 0.717) is 0 Å². The lowest BCUT2D eigenvalue weighted by molar-refractivity contribution is -0.132. The number of hydrogen-bond donors (Lipinski definition) is 1. The van der Waals surface area contributed by atoms with E-state index in [1.807, 2.05) is 54.6 Å². The van der Waals surface area contributed by atoms with Crippen LogP contribution in [0.2, 0.25) is 0 Å². The minimum absolute atomic E-state index is 0.277. The van der Waals surface area contributed by atoms with Gasteiger partial charge in [-0.15, -0.1) is 0 Å². The van der Waals surface area contributed by atoms with Crippen LogP contribution >= 0.6 is 0 Å². The molecule has 104 valence electrons. The Kier molecular flexibility index (Phi) is 3.51. The molecule has 21 heavy (non-hydrogen) atoms. The van der Waals surface area contributed by atoms with Crippen molar-refractivity contribution in [2.45, 2.75) is 6.92 Å². The zero-order valence-corrected chi connectivity index (χ0v) is 11.5. The molecule has 2 aromatic rings. The Balaban J connectivity index is 2.08. The normalized spacial score (nSPS) is 13.2. The second-order valence-corrected chi connectivity index (χ2v) is 4.61. The summed E-state index contributed by atoms with van der Waals surface area (Å²) in [6.45, 7) is 1.36. The summed E-state index contributed by atoms with van der Waals surface area (Å²) in [6.07, 6.45) is 1.73. The minimum Gasteiger partial charge on any atom is -0.408 e. The summed E-state index contributed by atoms with van der Waals surface area (Å²) in [6, 6.07) is 17.5. The number of benzene rings is 2.